The Bertz CT molecular complexity index is 450. The molecule has 0 aromatic carbocycles. The number of aliphatic carboxylic acids is 1. The summed E-state index contributed by atoms with van der Waals surface area (Å²) >= 11 is 7.25. The zero-order valence-electron chi connectivity index (χ0n) is 10.9. The molecule has 0 radical (unpaired) electrons. The normalized spacial score (nSPS) is 11.9. The van der Waals surface area contributed by atoms with Gasteiger partial charge in [0, 0.05) is 24.9 Å². The molecule has 1 heterocycles. The van der Waals surface area contributed by atoms with Gasteiger partial charge in [0.2, 0.25) is 0 Å². The molecule has 1 aromatic rings. The van der Waals surface area contributed by atoms with Crippen molar-refractivity contribution in [3.05, 3.63) is 21.3 Å². The van der Waals surface area contributed by atoms with Gasteiger partial charge in [0.1, 0.15) is 0 Å². The Hall–Kier alpha value is -1.27. The molecule has 2 amide bonds. The lowest BCUT2D eigenvalue weighted by Gasteiger charge is -2.18. The average Bonchev–Trinajstić information content (AvgIpc) is 2.70. The van der Waals surface area contributed by atoms with E-state index < -0.39 is 5.97 Å². The fraction of sp³-hybridized carbons (Fsp3) is 0.500. The van der Waals surface area contributed by atoms with Crippen molar-refractivity contribution >= 4 is 34.9 Å². The Kier molecular flexibility index (Phi) is 6.11. The number of hydrogen-bond acceptors (Lipinski definition) is 3. The molecule has 0 aliphatic carbocycles. The number of carbonyl (C=O) groups excluding carboxylic acids is 1. The van der Waals surface area contributed by atoms with E-state index in [0.717, 1.165) is 4.88 Å². The van der Waals surface area contributed by atoms with Crippen molar-refractivity contribution in [2.75, 3.05) is 13.6 Å². The third-order valence-electron chi connectivity index (χ3n) is 2.49. The molecular formula is C12H17ClN2O3S. The molecular weight excluding hydrogens is 288 g/mol. The van der Waals surface area contributed by atoms with Crippen LogP contribution in [0, 0.1) is 5.92 Å². The summed E-state index contributed by atoms with van der Waals surface area (Å²) in [5.41, 5.74) is 0. The van der Waals surface area contributed by atoms with Crippen LogP contribution in [-0.2, 0) is 11.3 Å². The zero-order valence-corrected chi connectivity index (χ0v) is 12.4. The summed E-state index contributed by atoms with van der Waals surface area (Å²) in [7, 11) is 1.69. The fourth-order valence-electron chi connectivity index (χ4n) is 1.51. The van der Waals surface area contributed by atoms with Gasteiger partial charge in [0.05, 0.1) is 10.9 Å². The van der Waals surface area contributed by atoms with Crippen LogP contribution in [0.4, 0.5) is 4.79 Å². The summed E-state index contributed by atoms with van der Waals surface area (Å²) in [6.45, 7) is 2.62. The van der Waals surface area contributed by atoms with Gasteiger partial charge in [-0.3, -0.25) is 4.79 Å². The first-order valence-electron chi connectivity index (χ1n) is 5.83. The van der Waals surface area contributed by atoms with E-state index in [1.807, 2.05) is 6.07 Å². The molecule has 5 nitrogen and oxygen atoms in total. The van der Waals surface area contributed by atoms with Crippen LogP contribution in [0.5, 0.6) is 0 Å². The van der Waals surface area contributed by atoms with Crippen LogP contribution in [-0.4, -0.2) is 35.6 Å². The van der Waals surface area contributed by atoms with E-state index in [1.54, 1.807) is 20.0 Å². The summed E-state index contributed by atoms with van der Waals surface area (Å²) in [6.07, 6.45) is 0.0462. The average molecular weight is 305 g/mol. The maximum Gasteiger partial charge on any atom is 0.317 e. The minimum absolute atomic E-state index is 0.0462. The summed E-state index contributed by atoms with van der Waals surface area (Å²) < 4.78 is 0.693. The molecule has 0 fully saturated rings. The van der Waals surface area contributed by atoms with Gasteiger partial charge in [-0.25, -0.2) is 4.79 Å². The van der Waals surface area contributed by atoms with Gasteiger partial charge in [-0.15, -0.1) is 11.3 Å². The highest BCUT2D eigenvalue weighted by Gasteiger charge is 2.13. The second kappa shape index (κ2) is 7.35. The molecule has 19 heavy (non-hydrogen) atoms. The molecule has 0 saturated carbocycles. The third kappa shape index (κ3) is 5.94. The van der Waals surface area contributed by atoms with Gasteiger partial charge in [0.25, 0.3) is 0 Å². The maximum atomic E-state index is 11.8. The number of halogens is 1. The number of nitrogens with one attached hydrogen (secondary N) is 1. The van der Waals surface area contributed by atoms with Crippen LogP contribution in [0.15, 0.2) is 12.1 Å². The number of rotatable bonds is 6. The number of thiophene rings is 1. The highest BCUT2D eigenvalue weighted by Crippen LogP contribution is 2.22. The molecule has 1 atom stereocenters. The van der Waals surface area contributed by atoms with E-state index in [1.165, 1.54) is 16.2 Å². The number of nitrogens with zero attached hydrogens (tertiary/aromatic N) is 1. The minimum atomic E-state index is -0.858. The van der Waals surface area contributed by atoms with Gasteiger partial charge >= 0.3 is 12.0 Å². The smallest absolute Gasteiger partial charge is 0.317 e. The quantitative estimate of drug-likeness (QED) is 0.849. The Morgan fingerprint density at radius 3 is 2.74 bits per heavy atom. The van der Waals surface area contributed by atoms with Gasteiger partial charge < -0.3 is 15.3 Å². The van der Waals surface area contributed by atoms with Crippen molar-refractivity contribution in [2.45, 2.75) is 19.9 Å². The molecule has 0 saturated heterocycles. The van der Waals surface area contributed by atoms with E-state index in [9.17, 15) is 9.59 Å². The van der Waals surface area contributed by atoms with Crippen LogP contribution >= 0.6 is 22.9 Å². The Morgan fingerprint density at radius 2 is 2.21 bits per heavy atom. The van der Waals surface area contributed by atoms with Gasteiger partial charge in [0.15, 0.2) is 0 Å². The van der Waals surface area contributed by atoms with Crippen LogP contribution in [0.1, 0.15) is 18.2 Å². The van der Waals surface area contributed by atoms with Crippen molar-refractivity contribution in [1.29, 1.82) is 0 Å². The van der Waals surface area contributed by atoms with Crippen molar-refractivity contribution in [2.24, 2.45) is 5.92 Å². The van der Waals surface area contributed by atoms with Crippen LogP contribution in [0.3, 0.4) is 0 Å². The van der Waals surface area contributed by atoms with Crippen LogP contribution in [0.25, 0.3) is 0 Å². The predicted molar refractivity (Wildman–Crippen MR) is 75.6 cm³/mol. The lowest BCUT2D eigenvalue weighted by Crippen LogP contribution is -2.39. The number of carboxylic acid groups (broad SMARTS) is 1. The molecule has 0 aliphatic rings. The highest BCUT2D eigenvalue weighted by molar-refractivity contribution is 7.16. The molecule has 1 rings (SSSR count). The van der Waals surface area contributed by atoms with E-state index >= 15 is 0 Å². The second-order valence-corrected chi connectivity index (χ2v) is 6.25. The lowest BCUT2D eigenvalue weighted by atomic mass is 10.1. The van der Waals surface area contributed by atoms with E-state index in [2.05, 4.69) is 5.32 Å². The summed E-state index contributed by atoms with van der Waals surface area (Å²) in [4.78, 5) is 24.8. The first-order chi connectivity index (χ1) is 8.88. The minimum Gasteiger partial charge on any atom is -0.481 e. The highest BCUT2D eigenvalue weighted by atomic mass is 35.5. The molecule has 106 valence electrons. The van der Waals surface area contributed by atoms with Crippen LogP contribution < -0.4 is 5.32 Å². The Labute approximate surface area is 121 Å². The molecule has 2 N–H and O–H groups in total. The number of urea groups is 1. The molecule has 0 spiro atoms. The molecule has 0 bridgehead atoms. The predicted octanol–water partition coefficient (Wildman–Crippen LogP) is 2.65. The Morgan fingerprint density at radius 1 is 1.53 bits per heavy atom. The van der Waals surface area contributed by atoms with E-state index in [4.69, 9.17) is 16.7 Å². The van der Waals surface area contributed by atoms with Crippen molar-refractivity contribution < 1.29 is 14.7 Å². The fourth-order valence-corrected chi connectivity index (χ4v) is 2.65. The van der Waals surface area contributed by atoms with Crippen molar-refractivity contribution in [3.63, 3.8) is 0 Å². The summed E-state index contributed by atoms with van der Waals surface area (Å²) in [6, 6.07) is 3.45. The van der Waals surface area contributed by atoms with Gasteiger partial charge in [-0.1, -0.05) is 18.5 Å². The maximum absolute atomic E-state index is 11.8. The lowest BCUT2D eigenvalue weighted by molar-refractivity contribution is -0.137. The van der Waals surface area contributed by atoms with E-state index in [-0.39, 0.29) is 18.4 Å². The largest absolute Gasteiger partial charge is 0.481 e. The van der Waals surface area contributed by atoms with Crippen LogP contribution in [0.2, 0.25) is 4.34 Å². The third-order valence-corrected chi connectivity index (χ3v) is 3.71. The summed E-state index contributed by atoms with van der Waals surface area (Å²) in [5, 5.41) is 11.3. The summed E-state index contributed by atoms with van der Waals surface area (Å²) in [5.74, 6) is -0.950. The van der Waals surface area contributed by atoms with E-state index in [0.29, 0.717) is 17.4 Å². The molecule has 7 heteroatoms. The molecule has 1 unspecified atom stereocenters. The van der Waals surface area contributed by atoms with Crippen molar-refractivity contribution in [1.82, 2.24) is 10.2 Å². The standard InChI is InChI=1S/C12H17ClN2O3S/c1-8(5-11(16)17)6-14-12(18)15(2)7-9-3-4-10(13)19-9/h3-4,8H,5-7H2,1-2H3,(H,14,18)(H,16,17). The molecule has 0 aliphatic heterocycles. The van der Waals surface area contributed by atoms with Gasteiger partial charge in [-0.05, 0) is 18.1 Å². The monoisotopic (exact) mass is 304 g/mol. The van der Waals surface area contributed by atoms with Gasteiger partial charge in [-0.2, -0.15) is 0 Å². The molecule has 1 aromatic heterocycles. The SMILES string of the molecule is CC(CNC(=O)N(C)Cc1ccc(Cl)s1)CC(=O)O. The Balaban J connectivity index is 2.34. The number of hydrogen-bond donors (Lipinski definition) is 2. The number of amides is 2. The first kappa shape index (κ1) is 15.8. The first-order valence-corrected chi connectivity index (χ1v) is 7.03. The topological polar surface area (TPSA) is 69.6 Å². The van der Waals surface area contributed by atoms with Crippen molar-refractivity contribution in [3.8, 4) is 0 Å². The number of carbonyl (C=O) groups is 2. The second-order valence-electron chi connectivity index (χ2n) is 4.45. The zero-order chi connectivity index (χ0) is 14.4. The number of carboxylic acids is 1.